The van der Waals surface area contributed by atoms with Crippen LogP contribution in [0.1, 0.15) is 29.5 Å². The van der Waals surface area contributed by atoms with Crippen LogP contribution in [-0.2, 0) is 16.1 Å². The number of carbonyl (C=O) groups excluding carboxylic acids is 1. The third-order valence-electron chi connectivity index (χ3n) is 5.79. The summed E-state index contributed by atoms with van der Waals surface area (Å²) in [5.41, 5.74) is 1.68. The molecule has 7 heteroatoms. The number of aliphatic hydroxyl groups is 1. The molecule has 0 fully saturated rings. The number of rotatable bonds is 11. The number of carbonyl (C=O) groups is 1. The summed E-state index contributed by atoms with van der Waals surface area (Å²) in [5.74, 6) is 0.921. The molecular formula is C29H29ClN2O4. The van der Waals surface area contributed by atoms with Crippen LogP contribution in [0.25, 0.3) is 6.08 Å². The lowest BCUT2D eigenvalue weighted by Crippen LogP contribution is -2.46. The average Bonchev–Trinajstić information content (AvgIpc) is 3.35. The fraction of sp³-hybridized carbons (Fsp3) is 0.241. The van der Waals surface area contributed by atoms with E-state index in [1.54, 1.807) is 12.1 Å². The van der Waals surface area contributed by atoms with Gasteiger partial charge in [0.2, 0.25) is 5.90 Å². The van der Waals surface area contributed by atoms with Crippen LogP contribution in [0.15, 0.2) is 89.9 Å². The topological polar surface area (TPSA) is 80.2 Å². The highest BCUT2D eigenvalue weighted by atomic mass is 35.5. The van der Waals surface area contributed by atoms with Crippen LogP contribution in [0.3, 0.4) is 0 Å². The molecule has 0 radical (unpaired) electrons. The normalized spacial score (nSPS) is 17.0. The first-order valence-corrected chi connectivity index (χ1v) is 12.3. The van der Waals surface area contributed by atoms with E-state index in [9.17, 15) is 4.79 Å². The lowest BCUT2D eigenvalue weighted by Gasteiger charge is -2.21. The first-order valence-electron chi connectivity index (χ1n) is 11.9. The van der Waals surface area contributed by atoms with E-state index >= 15 is 0 Å². The fourth-order valence-corrected chi connectivity index (χ4v) is 3.89. The number of halogens is 1. The summed E-state index contributed by atoms with van der Waals surface area (Å²) in [4.78, 5) is 18.2. The number of nitrogens with one attached hydrogen (secondary N) is 1. The van der Waals surface area contributed by atoms with Crippen molar-refractivity contribution in [3.05, 3.63) is 107 Å². The van der Waals surface area contributed by atoms with Gasteiger partial charge in [0.25, 0.3) is 5.91 Å². The molecule has 3 aromatic carbocycles. The van der Waals surface area contributed by atoms with E-state index in [4.69, 9.17) is 31.2 Å². The second-order valence-electron chi connectivity index (χ2n) is 8.51. The van der Waals surface area contributed by atoms with Crippen molar-refractivity contribution in [2.45, 2.75) is 24.9 Å². The van der Waals surface area contributed by atoms with Gasteiger partial charge in [-0.15, -0.1) is 0 Å². The summed E-state index contributed by atoms with van der Waals surface area (Å²) >= 11 is 5.98. The van der Waals surface area contributed by atoms with Crippen molar-refractivity contribution in [3.8, 4) is 5.75 Å². The van der Waals surface area contributed by atoms with Gasteiger partial charge in [-0.1, -0.05) is 66.2 Å². The van der Waals surface area contributed by atoms with Crippen LogP contribution in [0.5, 0.6) is 5.75 Å². The Labute approximate surface area is 216 Å². The lowest BCUT2D eigenvalue weighted by molar-refractivity contribution is -0.126. The molecular weight excluding hydrogens is 476 g/mol. The Morgan fingerprint density at radius 3 is 2.56 bits per heavy atom. The van der Waals surface area contributed by atoms with E-state index in [1.165, 1.54) is 0 Å². The second kappa shape index (κ2) is 12.4. The Morgan fingerprint density at radius 1 is 1.08 bits per heavy atom. The minimum Gasteiger partial charge on any atom is -0.494 e. The van der Waals surface area contributed by atoms with Crippen molar-refractivity contribution in [2.24, 2.45) is 4.99 Å². The van der Waals surface area contributed by atoms with E-state index in [-0.39, 0.29) is 19.1 Å². The zero-order valence-corrected chi connectivity index (χ0v) is 20.7. The molecule has 0 saturated heterocycles. The number of ether oxygens (including phenoxy) is 2. The number of amides is 1. The molecule has 4 rings (SSSR count). The van der Waals surface area contributed by atoms with Gasteiger partial charge in [0.15, 0.2) is 5.54 Å². The smallest absolute Gasteiger partial charge is 0.252 e. The molecule has 0 saturated carbocycles. The standard InChI is InChI=1S/C29H29ClN2O4/c30-25-13-9-23(10-14-25)20-31-28(34)29(17-4-8-22-6-2-1-3-7-22)21-36-27(32-29)24-11-15-26(16-12-24)35-19-5-18-33/h1-4,6-16,33H,5,17-21H2,(H,31,34)/b8-4+/t29-/m1/s1. The molecule has 0 bridgehead atoms. The number of hydrogen-bond donors (Lipinski definition) is 2. The highest BCUT2D eigenvalue weighted by Gasteiger charge is 2.43. The predicted molar refractivity (Wildman–Crippen MR) is 142 cm³/mol. The van der Waals surface area contributed by atoms with E-state index in [1.807, 2.05) is 78.9 Å². The maximum atomic E-state index is 13.4. The SMILES string of the molecule is O=C(NCc1ccc(Cl)cc1)[C@@]1(C/C=C/c2ccccc2)COC(c2ccc(OCCCO)cc2)=N1. The van der Waals surface area contributed by atoms with Gasteiger partial charge < -0.3 is 19.9 Å². The van der Waals surface area contributed by atoms with Crippen molar-refractivity contribution in [1.82, 2.24) is 5.32 Å². The molecule has 1 heterocycles. The fourth-order valence-electron chi connectivity index (χ4n) is 3.76. The highest BCUT2D eigenvalue weighted by Crippen LogP contribution is 2.28. The Kier molecular flexibility index (Phi) is 8.76. The highest BCUT2D eigenvalue weighted by molar-refractivity contribution is 6.30. The van der Waals surface area contributed by atoms with E-state index in [0.29, 0.717) is 42.7 Å². The van der Waals surface area contributed by atoms with Gasteiger partial charge in [0.1, 0.15) is 12.4 Å². The zero-order valence-electron chi connectivity index (χ0n) is 19.9. The number of benzene rings is 3. The zero-order chi connectivity index (χ0) is 25.2. The van der Waals surface area contributed by atoms with Crippen molar-refractivity contribution < 1.29 is 19.4 Å². The molecule has 2 N–H and O–H groups in total. The summed E-state index contributed by atoms with van der Waals surface area (Å²) in [7, 11) is 0. The van der Waals surface area contributed by atoms with Crippen LogP contribution < -0.4 is 10.1 Å². The molecule has 0 aliphatic carbocycles. The summed E-state index contributed by atoms with van der Waals surface area (Å²) < 4.78 is 11.5. The van der Waals surface area contributed by atoms with E-state index in [0.717, 1.165) is 16.7 Å². The summed E-state index contributed by atoms with van der Waals surface area (Å²) in [5, 5.41) is 12.6. The molecule has 1 aliphatic rings. The third-order valence-corrected chi connectivity index (χ3v) is 6.04. The molecule has 1 amide bonds. The van der Waals surface area contributed by atoms with Crippen molar-refractivity contribution in [3.63, 3.8) is 0 Å². The lowest BCUT2D eigenvalue weighted by atomic mass is 9.95. The molecule has 0 aromatic heterocycles. The van der Waals surface area contributed by atoms with Crippen molar-refractivity contribution in [2.75, 3.05) is 19.8 Å². The molecule has 6 nitrogen and oxygen atoms in total. The Balaban J connectivity index is 1.51. The first-order chi connectivity index (χ1) is 17.6. The summed E-state index contributed by atoms with van der Waals surface area (Å²) in [6, 6.07) is 24.7. The molecule has 186 valence electrons. The monoisotopic (exact) mass is 504 g/mol. The molecule has 1 atom stereocenters. The Morgan fingerprint density at radius 2 is 1.83 bits per heavy atom. The van der Waals surface area contributed by atoms with Crippen molar-refractivity contribution in [1.29, 1.82) is 0 Å². The largest absolute Gasteiger partial charge is 0.494 e. The van der Waals surface area contributed by atoms with Crippen LogP contribution in [-0.4, -0.2) is 42.3 Å². The van der Waals surface area contributed by atoms with Crippen LogP contribution in [0.2, 0.25) is 5.02 Å². The van der Waals surface area contributed by atoms with Crippen LogP contribution in [0, 0.1) is 0 Å². The molecule has 0 spiro atoms. The van der Waals surface area contributed by atoms with Gasteiger partial charge >= 0.3 is 0 Å². The number of aliphatic hydroxyl groups excluding tert-OH is 1. The summed E-state index contributed by atoms with van der Waals surface area (Å²) in [6.07, 6.45) is 4.91. The second-order valence-corrected chi connectivity index (χ2v) is 8.95. The maximum absolute atomic E-state index is 13.4. The Hall–Kier alpha value is -3.61. The van der Waals surface area contributed by atoms with Crippen LogP contribution in [0.4, 0.5) is 0 Å². The van der Waals surface area contributed by atoms with Gasteiger partial charge in [0.05, 0.1) is 6.61 Å². The minimum atomic E-state index is -1.08. The molecule has 1 aliphatic heterocycles. The molecule has 0 unspecified atom stereocenters. The average molecular weight is 505 g/mol. The number of aliphatic imine (C=N–C) groups is 1. The Bertz CT molecular complexity index is 1190. The quantitative estimate of drug-likeness (QED) is 0.359. The van der Waals surface area contributed by atoms with E-state index < -0.39 is 5.54 Å². The maximum Gasteiger partial charge on any atom is 0.252 e. The van der Waals surface area contributed by atoms with Crippen molar-refractivity contribution >= 4 is 29.5 Å². The van der Waals surface area contributed by atoms with Gasteiger partial charge in [-0.2, -0.15) is 0 Å². The predicted octanol–water partition coefficient (Wildman–Crippen LogP) is 5.04. The van der Waals surface area contributed by atoms with Gasteiger partial charge in [-0.05, 0) is 47.5 Å². The van der Waals surface area contributed by atoms with E-state index in [2.05, 4.69) is 5.32 Å². The summed E-state index contributed by atoms with van der Waals surface area (Å²) in [6.45, 7) is 1.04. The third kappa shape index (κ3) is 6.74. The van der Waals surface area contributed by atoms with Gasteiger partial charge in [0, 0.05) is 36.6 Å². The molecule has 36 heavy (non-hydrogen) atoms. The minimum absolute atomic E-state index is 0.0869. The molecule has 3 aromatic rings. The number of nitrogens with zero attached hydrogens (tertiary/aromatic N) is 1. The van der Waals surface area contributed by atoms with Gasteiger partial charge in [-0.3, -0.25) is 4.79 Å². The first kappa shape index (κ1) is 25.5. The van der Waals surface area contributed by atoms with Crippen LogP contribution >= 0.6 is 11.6 Å². The number of hydrogen-bond acceptors (Lipinski definition) is 5. The van der Waals surface area contributed by atoms with Gasteiger partial charge in [-0.25, -0.2) is 4.99 Å².